The number of rotatable bonds is 5. The number of carbonyl (C=O) groups excluding carboxylic acids is 2. The number of amides is 3. The van der Waals surface area contributed by atoms with Gasteiger partial charge in [0.05, 0.1) is 0 Å². The SMILES string of the molecule is CCC1CCN(C(=O)N(CC)CC(=O)NC)C(C(=O)O)C1. The van der Waals surface area contributed by atoms with E-state index < -0.39 is 12.0 Å². The lowest BCUT2D eigenvalue weighted by Crippen LogP contribution is -2.55. The standard InChI is InChI=1S/C14H25N3O4/c1-4-10-6-7-17(11(8-10)13(19)20)14(21)16(5-2)9-12(18)15-3/h10-11H,4-9H2,1-3H3,(H,15,18)(H,19,20). The number of likely N-dealkylation sites (N-methyl/N-ethyl adjacent to an activating group) is 2. The Balaban J connectivity index is 2.82. The zero-order chi connectivity index (χ0) is 16.0. The van der Waals surface area contributed by atoms with Crippen molar-refractivity contribution in [1.29, 1.82) is 0 Å². The largest absolute Gasteiger partial charge is 0.480 e. The van der Waals surface area contributed by atoms with E-state index in [2.05, 4.69) is 5.32 Å². The molecule has 1 aliphatic heterocycles. The van der Waals surface area contributed by atoms with Crippen molar-refractivity contribution >= 4 is 17.9 Å². The first-order chi connectivity index (χ1) is 9.94. The Bertz CT molecular complexity index is 400. The molecule has 1 heterocycles. The van der Waals surface area contributed by atoms with E-state index in [1.165, 1.54) is 16.8 Å². The molecule has 0 aliphatic carbocycles. The quantitative estimate of drug-likeness (QED) is 0.784. The highest BCUT2D eigenvalue weighted by molar-refractivity contribution is 5.86. The molecule has 2 unspecified atom stereocenters. The minimum absolute atomic E-state index is 0.0497. The number of nitrogens with one attached hydrogen (secondary N) is 1. The third-order valence-corrected chi connectivity index (χ3v) is 4.08. The fourth-order valence-electron chi connectivity index (χ4n) is 2.62. The molecule has 3 amide bonds. The highest BCUT2D eigenvalue weighted by Crippen LogP contribution is 2.26. The van der Waals surface area contributed by atoms with E-state index in [0.29, 0.717) is 25.4 Å². The predicted octanol–water partition coefficient (Wildman–Crippen LogP) is 0.750. The first-order valence-electron chi connectivity index (χ1n) is 7.43. The Morgan fingerprint density at radius 2 is 2.00 bits per heavy atom. The number of likely N-dealkylation sites (tertiary alicyclic amines) is 1. The average Bonchev–Trinajstić information content (AvgIpc) is 2.50. The summed E-state index contributed by atoms with van der Waals surface area (Å²) in [6.45, 7) is 4.55. The molecule has 0 radical (unpaired) electrons. The van der Waals surface area contributed by atoms with Crippen LogP contribution in [-0.4, -0.2) is 65.5 Å². The zero-order valence-corrected chi connectivity index (χ0v) is 13.0. The van der Waals surface area contributed by atoms with Crippen LogP contribution in [0.2, 0.25) is 0 Å². The van der Waals surface area contributed by atoms with Crippen LogP contribution in [0.5, 0.6) is 0 Å². The van der Waals surface area contributed by atoms with E-state index in [1.54, 1.807) is 6.92 Å². The summed E-state index contributed by atoms with van der Waals surface area (Å²) in [4.78, 5) is 38.1. The Morgan fingerprint density at radius 1 is 1.33 bits per heavy atom. The highest BCUT2D eigenvalue weighted by Gasteiger charge is 2.37. The third-order valence-electron chi connectivity index (χ3n) is 4.08. The van der Waals surface area contributed by atoms with Gasteiger partial charge in [-0.3, -0.25) is 4.79 Å². The summed E-state index contributed by atoms with van der Waals surface area (Å²) in [7, 11) is 1.51. The molecular formula is C14H25N3O4. The molecule has 21 heavy (non-hydrogen) atoms. The van der Waals surface area contributed by atoms with E-state index in [0.717, 1.165) is 12.8 Å². The van der Waals surface area contributed by atoms with Crippen LogP contribution in [0.4, 0.5) is 4.79 Å². The van der Waals surface area contributed by atoms with Crippen molar-refractivity contribution in [3.8, 4) is 0 Å². The smallest absolute Gasteiger partial charge is 0.326 e. The maximum atomic E-state index is 12.5. The number of hydrogen-bond donors (Lipinski definition) is 2. The van der Waals surface area contributed by atoms with Gasteiger partial charge < -0.3 is 20.2 Å². The molecular weight excluding hydrogens is 274 g/mol. The molecule has 120 valence electrons. The number of carboxylic acid groups (broad SMARTS) is 1. The molecule has 0 aromatic heterocycles. The van der Waals surface area contributed by atoms with Crippen LogP contribution < -0.4 is 5.32 Å². The summed E-state index contributed by atoms with van der Waals surface area (Å²) in [5, 5.41) is 11.8. The predicted molar refractivity (Wildman–Crippen MR) is 77.9 cm³/mol. The number of hydrogen-bond acceptors (Lipinski definition) is 3. The van der Waals surface area contributed by atoms with Crippen molar-refractivity contribution in [2.24, 2.45) is 5.92 Å². The van der Waals surface area contributed by atoms with Crippen LogP contribution >= 0.6 is 0 Å². The molecule has 1 aliphatic rings. The van der Waals surface area contributed by atoms with Crippen LogP contribution in [0.1, 0.15) is 33.1 Å². The molecule has 1 fully saturated rings. The second kappa shape index (κ2) is 7.85. The highest BCUT2D eigenvalue weighted by atomic mass is 16.4. The lowest BCUT2D eigenvalue weighted by atomic mass is 9.89. The second-order valence-electron chi connectivity index (χ2n) is 5.32. The lowest BCUT2D eigenvalue weighted by molar-refractivity contribution is -0.144. The van der Waals surface area contributed by atoms with Crippen LogP contribution in [-0.2, 0) is 9.59 Å². The van der Waals surface area contributed by atoms with Gasteiger partial charge >= 0.3 is 12.0 Å². The van der Waals surface area contributed by atoms with Crippen molar-refractivity contribution in [2.45, 2.75) is 39.2 Å². The summed E-state index contributed by atoms with van der Waals surface area (Å²) in [5.41, 5.74) is 0. The number of aliphatic carboxylic acids is 1. The molecule has 7 heteroatoms. The van der Waals surface area contributed by atoms with Gasteiger partial charge in [-0.15, -0.1) is 0 Å². The Kier molecular flexibility index (Phi) is 6.45. The Morgan fingerprint density at radius 3 is 2.48 bits per heavy atom. The average molecular weight is 299 g/mol. The number of nitrogens with zero attached hydrogens (tertiary/aromatic N) is 2. The van der Waals surface area contributed by atoms with Crippen LogP contribution in [0.15, 0.2) is 0 Å². The first kappa shape index (κ1) is 17.3. The third kappa shape index (κ3) is 4.34. The Labute approximate surface area is 125 Å². The fourth-order valence-corrected chi connectivity index (χ4v) is 2.62. The van der Waals surface area contributed by atoms with Crippen LogP contribution in [0, 0.1) is 5.92 Å². The lowest BCUT2D eigenvalue weighted by Gasteiger charge is -2.39. The summed E-state index contributed by atoms with van der Waals surface area (Å²) in [5.74, 6) is -0.901. The fraction of sp³-hybridized carbons (Fsp3) is 0.786. The van der Waals surface area contributed by atoms with Gasteiger partial charge in [0.15, 0.2) is 0 Å². The van der Waals surface area contributed by atoms with Gasteiger partial charge in [-0.1, -0.05) is 13.3 Å². The molecule has 0 aromatic carbocycles. The van der Waals surface area contributed by atoms with Gasteiger partial charge in [-0.25, -0.2) is 9.59 Å². The van der Waals surface area contributed by atoms with E-state index in [9.17, 15) is 19.5 Å². The van der Waals surface area contributed by atoms with Gasteiger partial charge in [0.25, 0.3) is 0 Å². The van der Waals surface area contributed by atoms with Gasteiger partial charge in [0.2, 0.25) is 5.91 Å². The molecule has 2 N–H and O–H groups in total. The topological polar surface area (TPSA) is 90.0 Å². The van der Waals surface area contributed by atoms with Crippen LogP contribution in [0.3, 0.4) is 0 Å². The first-order valence-corrected chi connectivity index (χ1v) is 7.43. The molecule has 0 spiro atoms. The van der Waals surface area contributed by atoms with Crippen molar-refractivity contribution in [1.82, 2.24) is 15.1 Å². The maximum Gasteiger partial charge on any atom is 0.326 e. The molecule has 2 atom stereocenters. The minimum Gasteiger partial charge on any atom is -0.480 e. The summed E-state index contributed by atoms with van der Waals surface area (Å²) in [6.07, 6.45) is 2.21. The number of carboxylic acids is 1. The van der Waals surface area contributed by atoms with Gasteiger partial charge in [0, 0.05) is 20.1 Å². The van der Waals surface area contributed by atoms with Gasteiger partial charge in [0.1, 0.15) is 12.6 Å². The second-order valence-corrected chi connectivity index (χ2v) is 5.32. The summed E-state index contributed by atoms with van der Waals surface area (Å²) in [6, 6.07) is -1.17. The van der Waals surface area contributed by atoms with E-state index in [-0.39, 0.29) is 18.5 Å². The number of urea groups is 1. The van der Waals surface area contributed by atoms with Crippen molar-refractivity contribution in [2.75, 3.05) is 26.7 Å². The van der Waals surface area contributed by atoms with E-state index in [1.807, 2.05) is 6.92 Å². The summed E-state index contributed by atoms with van der Waals surface area (Å²) < 4.78 is 0. The molecule has 1 saturated heterocycles. The monoisotopic (exact) mass is 299 g/mol. The summed E-state index contributed by atoms with van der Waals surface area (Å²) >= 11 is 0. The maximum absolute atomic E-state index is 12.5. The van der Waals surface area contributed by atoms with Gasteiger partial charge in [-0.05, 0) is 25.7 Å². The van der Waals surface area contributed by atoms with Gasteiger partial charge in [-0.2, -0.15) is 0 Å². The molecule has 0 bridgehead atoms. The van der Waals surface area contributed by atoms with Crippen molar-refractivity contribution in [3.63, 3.8) is 0 Å². The number of carbonyl (C=O) groups is 3. The van der Waals surface area contributed by atoms with E-state index >= 15 is 0 Å². The zero-order valence-electron chi connectivity index (χ0n) is 13.0. The van der Waals surface area contributed by atoms with E-state index in [4.69, 9.17) is 0 Å². The molecule has 1 rings (SSSR count). The molecule has 0 saturated carbocycles. The normalized spacial score (nSPS) is 21.8. The minimum atomic E-state index is -0.975. The van der Waals surface area contributed by atoms with Crippen molar-refractivity contribution < 1.29 is 19.5 Å². The molecule has 7 nitrogen and oxygen atoms in total. The molecule has 0 aromatic rings. The van der Waals surface area contributed by atoms with Crippen molar-refractivity contribution in [3.05, 3.63) is 0 Å². The number of piperidine rings is 1. The Hall–Kier alpha value is -1.79. The van der Waals surface area contributed by atoms with Crippen LogP contribution in [0.25, 0.3) is 0 Å².